The zero-order chi connectivity index (χ0) is 17.3. The molecule has 3 aromatic rings. The summed E-state index contributed by atoms with van der Waals surface area (Å²) in [6, 6.07) is 32.0. The Morgan fingerprint density at radius 2 is 1.32 bits per heavy atom. The Kier molecular flexibility index (Phi) is 6.11. The zero-order valence-corrected chi connectivity index (χ0v) is 14.8. The van der Waals surface area contributed by atoms with Crippen molar-refractivity contribution in [1.29, 1.82) is 0 Å². The minimum atomic E-state index is 0.281. The van der Waals surface area contributed by atoms with Crippen molar-refractivity contribution in [2.75, 3.05) is 10.4 Å². The van der Waals surface area contributed by atoms with E-state index in [-0.39, 0.29) is 6.04 Å². The van der Waals surface area contributed by atoms with Crippen molar-refractivity contribution in [3.63, 3.8) is 0 Å². The Morgan fingerprint density at radius 3 is 1.92 bits per heavy atom. The van der Waals surface area contributed by atoms with Crippen molar-refractivity contribution in [2.45, 2.75) is 32.2 Å². The molecule has 0 spiro atoms. The van der Waals surface area contributed by atoms with Crippen LogP contribution in [0.5, 0.6) is 0 Å². The van der Waals surface area contributed by atoms with Gasteiger partial charge in [-0.05, 0) is 36.2 Å². The average Bonchev–Trinajstić information content (AvgIpc) is 2.69. The van der Waals surface area contributed by atoms with Gasteiger partial charge >= 0.3 is 0 Å². The van der Waals surface area contributed by atoms with Crippen LogP contribution < -0.4 is 10.4 Å². The molecule has 0 aliphatic carbocycles. The lowest BCUT2D eigenvalue weighted by Crippen LogP contribution is -2.34. The topological polar surface area (TPSA) is 15.3 Å². The first-order valence-electron chi connectivity index (χ1n) is 9.09. The quantitative estimate of drug-likeness (QED) is 0.477. The summed E-state index contributed by atoms with van der Waals surface area (Å²) in [6.45, 7) is 2.25. The molecule has 1 unspecified atom stereocenters. The van der Waals surface area contributed by atoms with E-state index in [2.05, 4.69) is 102 Å². The lowest BCUT2D eigenvalue weighted by molar-refractivity contribution is 0.572. The van der Waals surface area contributed by atoms with Crippen LogP contribution >= 0.6 is 0 Å². The van der Waals surface area contributed by atoms with Gasteiger partial charge in [-0.1, -0.05) is 86.5 Å². The molecule has 128 valence electrons. The third-order valence-corrected chi connectivity index (χ3v) is 4.38. The lowest BCUT2D eigenvalue weighted by Gasteiger charge is -2.35. The van der Waals surface area contributed by atoms with Gasteiger partial charge in [-0.25, -0.2) is 0 Å². The molecule has 0 amide bonds. The van der Waals surface area contributed by atoms with Gasteiger partial charge in [0.15, 0.2) is 0 Å². The molecular weight excluding hydrogens is 304 g/mol. The van der Waals surface area contributed by atoms with Crippen molar-refractivity contribution in [2.24, 2.45) is 0 Å². The molecule has 0 fully saturated rings. The van der Waals surface area contributed by atoms with Crippen LogP contribution in [0.4, 0.5) is 11.4 Å². The first-order valence-corrected chi connectivity index (χ1v) is 9.09. The van der Waals surface area contributed by atoms with Gasteiger partial charge in [-0.3, -0.25) is 10.4 Å². The number of nitrogens with zero attached hydrogens (tertiary/aromatic N) is 1. The first-order chi connectivity index (χ1) is 12.4. The Balaban J connectivity index is 1.97. The number of nitrogens with one attached hydrogen (secondary N) is 1. The van der Waals surface area contributed by atoms with E-state index in [1.165, 1.54) is 24.1 Å². The van der Waals surface area contributed by atoms with Gasteiger partial charge in [0.1, 0.15) is 0 Å². The van der Waals surface area contributed by atoms with Gasteiger partial charge in [-0.15, -0.1) is 0 Å². The zero-order valence-electron chi connectivity index (χ0n) is 14.8. The Hall–Kier alpha value is -2.74. The molecule has 0 aliphatic heterocycles. The number of hydrazine groups is 1. The van der Waals surface area contributed by atoms with Gasteiger partial charge in [0.05, 0.1) is 17.4 Å². The SMILES string of the molecule is CCCCC(c1ccccc1)N(Nc1ccccc1)c1ccccc1. The van der Waals surface area contributed by atoms with E-state index >= 15 is 0 Å². The van der Waals surface area contributed by atoms with Crippen LogP contribution in [0.25, 0.3) is 0 Å². The van der Waals surface area contributed by atoms with E-state index in [1.807, 2.05) is 6.07 Å². The highest BCUT2D eigenvalue weighted by atomic mass is 15.5. The smallest absolute Gasteiger partial charge is 0.0753 e. The number of unbranched alkanes of at least 4 members (excludes halogenated alkanes) is 1. The Bertz CT molecular complexity index is 726. The molecule has 0 saturated heterocycles. The molecule has 0 radical (unpaired) electrons. The van der Waals surface area contributed by atoms with Crippen molar-refractivity contribution < 1.29 is 0 Å². The van der Waals surface area contributed by atoms with Gasteiger partial charge in [-0.2, -0.15) is 0 Å². The average molecular weight is 330 g/mol. The van der Waals surface area contributed by atoms with Crippen molar-refractivity contribution in [3.05, 3.63) is 96.6 Å². The molecule has 0 saturated carbocycles. The highest BCUT2D eigenvalue weighted by molar-refractivity contribution is 5.56. The molecule has 1 atom stereocenters. The molecule has 3 aromatic carbocycles. The maximum absolute atomic E-state index is 3.64. The molecule has 2 heteroatoms. The monoisotopic (exact) mass is 330 g/mol. The molecular formula is C23H26N2. The summed E-state index contributed by atoms with van der Waals surface area (Å²) < 4.78 is 0. The summed E-state index contributed by atoms with van der Waals surface area (Å²) in [5, 5.41) is 2.31. The van der Waals surface area contributed by atoms with Crippen LogP contribution in [0.3, 0.4) is 0 Å². The van der Waals surface area contributed by atoms with E-state index in [0.29, 0.717) is 0 Å². The van der Waals surface area contributed by atoms with E-state index in [9.17, 15) is 0 Å². The maximum atomic E-state index is 3.64. The highest BCUT2D eigenvalue weighted by Gasteiger charge is 2.20. The molecule has 0 aliphatic rings. The largest absolute Gasteiger partial charge is 0.298 e. The number of benzene rings is 3. The van der Waals surface area contributed by atoms with Gasteiger partial charge in [0.2, 0.25) is 0 Å². The van der Waals surface area contributed by atoms with Crippen LogP contribution in [-0.4, -0.2) is 0 Å². The molecule has 0 aromatic heterocycles. The van der Waals surface area contributed by atoms with Crippen molar-refractivity contribution >= 4 is 11.4 Å². The molecule has 0 bridgehead atoms. The fraction of sp³-hybridized carbons (Fsp3) is 0.217. The van der Waals surface area contributed by atoms with Crippen molar-refractivity contribution in [3.8, 4) is 0 Å². The number of anilines is 2. The van der Waals surface area contributed by atoms with Crippen LogP contribution in [-0.2, 0) is 0 Å². The number of para-hydroxylation sites is 2. The van der Waals surface area contributed by atoms with Gasteiger partial charge in [0.25, 0.3) is 0 Å². The number of hydrogen-bond acceptors (Lipinski definition) is 2. The summed E-state index contributed by atoms with van der Waals surface area (Å²) in [5.74, 6) is 0. The van der Waals surface area contributed by atoms with Gasteiger partial charge < -0.3 is 0 Å². The molecule has 0 heterocycles. The third-order valence-electron chi connectivity index (χ3n) is 4.38. The summed E-state index contributed by atoms with van der Waals surface area (Å²) in [7, 11) is 0. The summed E-state index contributed by atoms with van der Waals surface area (Å²) in [4.78, 5) is 0. The minimum absolute atomic E-state index is 0.281. The van der Waals surface area contributed by atoms with Crippen LogP contribution in [0, 0.1) is 0 Å². The van der Waals surface area contributed by atoms with Crippen LogP contribution in [0.2, 0.25) is 0 Å². The van der Waals surface area contributed by atoms with E-state index in [4.69, 9.17) is 0 Å². The highest BCUT2D eigenvalue weighted by Crippen LogP contribution is 2.31. The third kappa shape index (κ3) is 4.63. The van der Waals surface area contributed by atoms with E-state index in [1.54, 1.807) is 0 Å². The normalized spacial score (nSPS) is 11.7. The van der Waals surface area contributed by atoms with Crippen LogP contribution in [0.15, 0.2) is 91.0 Å². The fourth-order valence-corrected chi connectivity index (χ4v) is 3.08. The molecule has 1 N–H and O–H groups in total. The second kappa shape index (κ2) is 8.93. The summed E-state index contributed by atoms with van der Waals surface area (Å²) in [5.41, 5.74) is 7.25. The summed E-state index contributed by atoms with van der Waals surface area (Å²) >= 11 is 0. The van der Waals surface area contributed by atoms with E-state index in [0.717, 1.165) is 12.1 Å². The van der Waals surface area contributed by atoms with Gasteiger partial charge in [0, 0.05) is 0 Å². The lowest BCUT2D eigenvalue weighted by atomic mass is 10.00. The van der Waals surface area contributed by atoms with Crippen LogP contribution in [0.1, 0.15) is 37.8 Å². The van der Waals surface area contributed by atoms with E-state index < -0.39 is 0 Å². The Morgan fingerprint density at radius 1 is 0.760 bits per heavy atom. The van der Waals surface area contributed by atoms with Crippen molar-refractivity contribution in [1.82, 2.24) is 0 Å². The Labute approximate surface area is 151 Å². The molecule has 3 rings (SSSR count). The first kappa shape index (κ1) is 17.1. The standard InChI is InChI=1S/C23H26N2/c1-2-3-19-23(20-13-7-4-8-14-20)25(22-17-11-6-12-18-22)24-21-15-9-5-10-16-21/h4-18,23-24H,2-3,19H2,1H3. The second-order valence-electron chi connectivity index (χ2n) is 6.25. The molecule has 2 nitrogen and oxygen atoms in total. The predicted molar refractivity (Wildman–Crippen MR) is 108 cm³/mol. The predicted octanol–water partition coefficient (Wildman–Crippen LogP) is 6.45. The minimum Gasteiger partial charge on any atom is -0.298 e. The molecule has 25 heavy (non-hydrogen) atoms. The second-order valence-corrected chi connectivity index (χ2v) is 6.25. The number of hydrogen-bond donors (Lipinski definition) is 1. The summed E-state index contributed by atoms with van der Waals surface area (Å²) in [6.07, 6.45) is 3.49. The number of rotatable bonds is 8. The fourth-order valence-electron chi connectivity index (χ4n) is 3.08. The maximum Gasteiger partial charge on any atom is 0.0753 e.